The summed E-state index contributed by atoms with van der Waals surface area (Å²) in [6.07, 6.45) is 3.09. The van der Waals surface area contributed by atoms with Gasteiger partial charge < -0.3 is 25.4 Å². The van der Waals surface area contributed by atoms with Gasteiger partial charge in [-0.3, -0.25) is 24.2 Å². The molecule has 11 nitrogen and oxygen atoms in total. The summed E-state index contributed by atoms with van der Waals surface area (Å²) in [5, 5.41) is 10.4. The van der Waals surface area contributed by atoms with Crippen LogP contribution in [-0.4, -0.2) is 114 Å². The molecule has 0 aromatic heterocycles. The average molecular weight is 544 g/mol. The number of carboxylic acid groups (broad SMARTS) is 1. The van der Waals surface area contributed by atoms with E-state index in [1.807, 2.05) is 23.1 Å². The van der Waals surface area contributed by atoms with Crippen molar-refractivity contribution in [1.29, 1.82) is 0 Å². The Hall–Kier alpha value is -3.18. The van der Waals surface area contributed by atoms with E-state index in [0.717, 1.165) is 36.1 Å². The first kappa shape index (κ1) is 28.8. The Balaban J connectivity index is 1.60. The number of ether oxygens (including phenoxy) is 1. The number of urea groups is 1. The summed E-state index contributed by atoms with van der Waals surface area (Å²) in [7, 11) is 1.65. The number of unbranched alkanes of at least 4 members (excludes halogenated alkanes) is 1. The first-order chi connectivity index (χ1) is 18.7. The van der Waals surface area contributed by atoms with Crippen molar-refractivity contribution in [2.24, 2.45) is 11.7 Å². The third-order valence-corrected chi connectivity index (χ3v) is 8.21. The summed E-state index contributed by atoms with van der Waals surface area (Å²) in [5.41, 5.74) is 7.74. The predicted octanol–water partition coefficient (Wildman–Crippen LogP) is 1.35. The number of carboxylic acids is 1. The Bertz CT molecular complexity index is 1080. The zero-order chi connectivity index (χ0) is 28.1. The van der Waals surface area contributed by atoms with Crippen LogP contribution in [0.4, 0.5) is 4.79 Å². The topological polar surface area (TPSA) is 137 Å². The van der Waals surface area contributed by atoms with E-state index in [1.165, 1.54) is 9.80 Å². The minimum absolute atomic E-state index is 0.0600. The third kappa shape index (κ3) is 6.36. The largest absolute Gasteiger partial charge is 0.493 e. The maximum atomic E-state index is 13.4. The van der Waals surface area contributed by atoms with Crippen LogP contribution in [0.25, 0.3) is 0 Å². The van der Waals surface area contributed by atoms with E-state index in [9.17, 15) is 24.3 Å². The highest BCUT2D eigenvalue weighted by Gasteiger charge is 2.48. The molecule has 1 aromatic carbocycles. The van der Waals surface area contributed by atoms with Crippen molar-refractivity contribution in [3.8, 4) is 5.75 Å². The molecular weight excluding hydrogens is 502 g/mol. The van der Waals surface area contributed by atoms with Gasteiger partial charge in [-0.15, -0.1) is 0 Å². The number of fused-ring (bicyclic) bond motifs is 1. The van der Waals surface area contributed by atoms with Crippen LogP contribution in [0.15, 0.2) is 18.2 Å². The van der Waals surface area contributed by atoms with Crippen LogP contribution in [0.3, 0.4) is 0 Å². The number of hydrogen-bond acceptors (Lipinski definition) is 7. The van der Waals surface area contributed by atoms with E-state index in [2.05, 4.69) is 6.92 Å². The van der Waals surface area contributed by atoms with Gasteiger partial charge in [0, 0.05) is 71.1 Å². The highest BCUT2D eigenvalue weighted by molar-refractivity contribution is 5.96. The van der Waals surface area contributed by atoms with Crippen molar-refractivity contribution in [1.82, 2.24) is 19.6 Å². The molecule has 3 atom stereocenters. The maximum Gasteiger partial charge on any atom is 0.326 e. The summed E-state index contributed by atoms with van der Waals surface area (Å²) >= 11 is 0. The Labute approximate surface area is 229 Å². The number of imide groups is 1. The lowest BCUT2D eigenvalue weighted by molar-refractivity contribution is -0.144. The van der Waals surface area contributed by atoms with Crippen LogP contribution in [0.1, 0.15) is 49.7 Å². The number of nitrogens with zero attached hydrogens (tertiary/aromatic N) is 4. The van der Waals surface area contributed by atoms with Crippen molar-refractivity contribution < 1.29 is 29.0 Å². The van der Waals surface area contributed by atoms with Crippen molar-refractivity contribution in [3.05, 3.63) is 29.3 Å². The quantitative estimate of drug-likeness (QED) is 0.403. The van der Waals surface area contributed by atoms with Crippen LogP contribution < -0.4 is 10.5 Å². The molecule has 3 N–H and O–H groups in total. The number of carbonyl (C=O) groups excluding carboxylic acids is 3. The van der Waals surface area contributed by atoms with Crippen LogP contribution in [0.2, 0.25) is 0 Å². The SMILES string of the molecule is CCCCN(CCN)C(=O)CN1C[C@H](c2ccc3c(c2)CCO3)[C@@H](C(=O)O)[C@@H]1CCN1C(=O)CCN(C)C1=O. The minimum Gasteiger partial charge on any atom is -0.493 e. The fraction of sp³-hybridized carbons (Fsp3) is 0.643. The molecule has 11 heteroatoms. The van der Waals surface area contributed by atoms with Gasteiger partial charge in [-0.2, -0.15) is 0 Å². The molecule has 0 saturated carbocycles. The monoisotopic (exact) mass is 543 g/mol. The van der Waals surface area contributed by atoms with Crippen LogP contribution in [0.5, 0.6) is 5.75 Å². The van der Waals surface area contributed by atoms with E-state index in [-0.39, 0.29) is 49.7 Å². The van der Waals surface area contributed by atoms with E-state index >= 15 is 0 Å². The smallest absolute Gasteiger partial charge is 0.326 e. The van der Waals surface area contributed by atoms with Gasteiger partial charge in [0.25, 0.3) is 0 Å². The molecule has 4 amide bonds. The van der Waals surface area contributed by atoms with Gasteiger partial charge in [0.1, 0.15) is 5.75 Å². The van der Waals surface area contributed by atoms with E-state index in [0.29, 0.717) is 39.3 Å². The van der Waals surface area contributed by atoms with Crippen LogP contribution in [-0.2, 0) is 20.8 Å². The molecule has 3 aliphatic rings. The Morgan fingerprint density at radius 1 is 1.21 bits per heavy atom. The van der Waals surface area contributed by atoms with Gasteiger partial charge in [0.15, 0.2) is 0 Å². The molecule has 39 heavy (non-hydrogen) atoms. The van der Waals surface area contributed by atoms with Gasteiger partial charge in [-0.1, -0.05) is 25.5 Å². The summed E-state index contributed by atoms with van der Waals surface area (Å²) in [6.45, 7) is 4.99. The molecular formula is C28H41N5O6. The Kier molecular flexibility index (Phi) is 9.45. The highest BCUT2D eigenvalue weighted by atomic mass is 16.5. The second kappa shape index (κ2) is 12.8. The lowest BCUT2D eigenvalue weighted by Crippen LogP contribution is -2.52. The lowest BCUT2D eigenvalue weighted by atomic mass is 9.83. The fourth-order valence-corrected chi connectivity index (χ4v) is 6.06. The highest BCUT2D eigenvalue weighted by Crippen LogP contribution is 2.41. The molecule has 0 spiro atoms. The molecule has 0 radical (unpaired) electrons. The zero-order valence-electron chi connectivity index (χ0n) is 23.0. The first-order valence-electron chi connectivity index (χ1n) is 14.0. The maximum absolute atomic E-state index is 13.4. The van der Waals surface area contributed by atoms with Crippen LogP contribution in [0, 0.1) is 5.92 Å². The number of aliphatic carboxylic acids is 1. The fourth-order valence-electron chi connectivity index (χ4n) is 6.06. The number of nitrogens with two attached hydrogens (primary N) is 1. The molecule has 214 valence electrons. The second-order valence-corrected chi connectivity index (χ2v) is 10.7. The second-order valence-electron chi connectivity index (χ2n) is 10.7. The molecule has 3 aliphatic heterocycles. The van der Waals surface area contributed by atoms with Gasteiger partial charge in [0.05, 0.1) is 19.1 Å². The van der Waals surface area contributed by atoms with Gasteiger partial charge in [-0.05, 0) is 30.0 Å². The van der Waals surface area contributed by atoms with Gasteiger partial charge in [0.2, 0.25) is 11.8 Å². The van der Waals surface area contributed by atoms with Crippen molar-refractivity contribution in [3.63, 3.8) is 0 Å². The standard InChI is InChI=1S/C28H41N5O6/c1-3-4-11-31(14-10-29)25(35)18-32-17-21(19-5-6-23-20(16-19)9-15-39-23)26(27(36)37)22(32)7-13-33-24(34)8-12-30(2)28(33)38/h5-6,16,21-22,26H,3-4,7-15,17-18,29H2,1-2H3,(H,36,37)/t21-,22+,26-/m1/s1. The summed E-state index contributed by atoms with van der Waals surface area (Å²) in [6, 6.07) is 4.94. The Morgan fingerprint density at radius 3 is 2.72 bits per heavy atom. The van der Waals surface area contributed by atoms with Gasteiger partial charge in [-0.25, -0.2) is 4.79 Å². The molecule has 3 heterocycles. The summed E-state index contributed by atoms with van der Waals surface area (Å²) in [4.78, 5) is 57.8. The number of likely N-dealkylation sites (tertiary alicyclic amines) is 1. The summed E-state index contributed by atoms with van der Waals surface area (Å²) in [5.74, 6) is -1.61. The molecule has 2 fully saturated rings. The zero-order valence-corrected chi connectivity index (χ0v) is 23.0. The average Bonchev–Trinajstić information content (AvgIpc) is 3.53. The number of rotatable bonds is 12. The van der Waals surface area contributed by atoms with Gasteiger partial charge >= 0.3 is 12.0 Å². The van der Waals surface area contributed by atoms with E-state index in [1.54, 1.807) is 11.9 Å². The molecule has 0 aliphatic carbocycles. The summed E-state index contributed by atoms with van der Waals surface area (Å²) < 4.78 is 5.64. The molecule has 4 rings (SSSR count). The Morgan fingerprint density at radius 2 is 2.00 bits per heavy atom. The first-order valence-corrected chi connectivity index (χ1v) is 14.0. The number of carbonyl (C=O) groups is 4. The van der Waals surface area contributed by atoms with Crippen molar-refractivity contribution in [2.45, 2.75) is 51.0 Å². The van der Waals surface area contributed by atoms with E-state index in [4.69, 9.17) is 10.5 Å². The predicted molar refractivity (Wildman–Crippen MR) is 144 cm³/mol. The lowest BCUT2D eigenvalue weighted by Gasteiger charge is -2.34. The van der Waals surface area contributed by atoms with Crippen molar-refractivity contribution in [2.75, 3.05) is 59.5 Å². The normalized spacial score (nSPS) is 23.2. The number of benzene rings is 1. The van der Waals surface area contributed by atoms with E-state index < -0.39 is 17.9 Å². The third-order valence-electron chi connectivity index (χ3n) is 8.21. The number of hydrogen-bond donors (Lipinski definition) is 2. The molecule has 1 aromatic rings. The molecule has 2 saturated heterocycles. The van der Waals surface area contributed by atoms with Crippen LogP contribution >= 0.6 is 0 Å². The molecule has 0 bridgehead atoms. The molecule has 0 unspecified atom stereocenters. The number of amides is 4. The van der Waals surface area contributed by atoms with Crippen molar-refractivity contribution >= 4 is 23.8 Å². The minimum atomic E-state index is -0.949.